The summed E-state index contributed by atoms with van der Waals surface area (Å²) in [5.74, 6) is 3.38. The molecule has 1 aliphatic rings. The Kier molecular flexibility index (Phi) is 5.35. The molecule has 0 spiro atoms. The van der Waals surface area contributed by atoms with Crippen LogP contribution >= 0.6 is 0 Å². The molecular weight excluding hydrogens is 290 g/mol. The Balaban J connectivity index is 1.69. The lowest BCUT2D eigenvalue weighted by Gasteiger charge is -2.21. The Morgan fingerprint density at radius 1 is 1.22 bits per heavy atom. The summed E-state index contributed by atoms with van der Waals surface area (Å²) in [5, 5.41) is 16.1. The second-order valence-corrected chi connectivity index (χ2v) is 7.05. The van der Waals surface area contributed by atoms with E-state index in [1.165, 1.54) is 32.1 Å². The van der Waals surface area contributed by atoms with Crippen molar-refractivity contribution in [3.8, 4) is 0 Å². The third-order valence-corrected chi connectivity index (χ3v) is 4.49. The fourth-order valence-electron chi connectivity index (χ4n) is 3.32. The Bertz CT molecular complexity index is 582. The van der Waals surface area contributed by atoms with Crippen molar-refractivity contribution < 1.29 is 0 Å². The van der Waals surface area contributed by atoms with Crippen molar-refractivity contribution in [1.82, 2.24) is 35.0 Å². The number of aryl methyl sites for hydroxylation is 2. The van der Waals surface area contributed by atoms with Crippen LogP contribution in [-0.4, -0.2) is 35.0 Å². The molecule has 7 nitrogen and oxygen atoms in total. The molecule has 2 aromatic rings. The largest absolute Gasteiger partial charge is 0.249 e. The number of nitrogens with zero attached hydrogens (tertiary/aromatic N) is 7. The highest BCUT2D eigenvalue weighted by Crippen LogP contribution is 2.25. The number of hydrogen-bond acceptors (Lipinski definition) is 5. The summed E-state index contributed by atoms with van der Waals surface area (Å²) < 4.78 is 3.90. The van der Waals surface area contributed by atoms with Gasteiger partial charge >= 0.3 is 0 Å². The van der Waals surface area contributed by atoms with Gasteiger partial charge in [-0.3, -0.25) is 0 Å². The summed E-state index contributed by atoms with van der Waals surface area (Å²) in [6.45, 7) is 6.18. The molecule has 0 N–H and O–H groups in total. The van der Waals surface area contributed by atoms with Crippen LogP contribution in [0, 0.1) is 11.8 Å². The Morgan fingerprint density at radius 2 is 2.04 bits per heavy atom. The van der Waals surface area contributed by atoms with Crippen LogP contribution in [0.15, 0.2) is 6.33 Å². The predicted octanol–water partition coefficient (Wildman–Crippen LogP) is 2.29. The summed E-state index contributed by atoms with van der Waals surface area (Å²) in [5.41, 5.74) is 0. The molecule has 1 fully saturated rings. The maximum atomic E-state index is 4.79. The summed E-state index contributed by atoms with van der Waals surface area (Å²) in [7, 11) is 0. The maximum Gasteiger partial charge on any atom is 0.151 e. The van der Waals surface area contributed by atoms with Gasteiger partial charge in [-0.25, -0.2) is 14.3 Å². The summed E-state index contributed by atoms with van der Waals surface area (Å²) >= 11 is 0. The first-order valence-corrected chi connectivity index (χ1v) is 8.84. The van der Waals surface area contributed by atoms with Crippen molar-refractivity contribution in [2.24, 2.45) is 11.8 Å². The van der Waals surface area contributed by atoms with E-state index in [9.17, 15) is 0 Å². The number of rotatable bonds is 7. The molecule has 0 bridgehead atoms. The lowest BCUT2D eigenvalue weighted by atomic mass is 9.89. The van der Waals surface area contributed by atoms with Crippen LogP contribution in [0.25, 0.3) is 0 Å². The molecule has 0 unspecified atom stereocenters. The first kappa shape index (κ1) is 16.1. The average Bonchev–Trinajstić information content (AvgIpc) is 3.16. The minimum Gasteiger partial charge on any atom is -0.249 e. The molecule has 2 aromatic heterocycles. The number of hydrogen-bond donors (Lipinski definition) is 0. The van der Waals surface area contributed by atoms with Gasteiger partial charge in [0, 0.05) is 19.4 Å². The van der Waals surface area contributed by atoms with Gasteiger partial charge in [0.1, 0.15) is 12.2 Å². The van der Waals surface area contributed by atoms with Crippen LogP contribution in [0.5, 0.6) is 0 Å². The van der Waals surface area contributed by atoms with E-state index in [1.807, 2.05) is 0 Å². The minimum atomic E-state index is 0.577. The molecule has 3 rings (SSSR count). The van der Waals surface area contributed by atoms with E-state index < -0.39 is 0 Å². The van der Waals surface area contributed by atoms with Crippen molar-refractivity contribution in [2.75, 3.05) is 0 Å². The van der Waals surface area contributed by atoms with E-state index in [2.05, 4.69) is 34.1 Å². The zero-order chi connectivity index (χ0) is 16.1. The lowest BCUT2D eigenvalue weighted by Crippen LogP contribution is -2.18. The fourth-order valence-corrected chi connectivity index (χ4v) is 3.32. The molecule has 0 radical (unpaired) electrons. The quantitative estimate of drug-likeness (QED) is 0.783. The van der Waals surface area contributed by atoms with Gasteiger partial charge in [-0.15, -0.1) is 5.10 Å². The molecule has 1 aliphatic carbocycles. The molecule has 23 heavy (non-hydrogen) atoms. The highest BCUT2D eigenvalue weighted by atomic mass is 15.5. The van der Waals surface area contributed by atoms with E-state index >= 15 is 0 Å². The van der Waals surface area contributed by atoms with Gasteiger partial charge < -0.3 is 0 Å². The van der Waals surface area contributed by atoms with Gasteiger partial charge in [-0.2, -0.15) is 5.10 Å². The van der Waals surface area contributed by atoms with Crippen LogP contribution in [0.4, 0.5) is 0 Å². The minimum absolute atomic E-state index is 0.577. The molecule has 0 atom stereocenters. The van der Waals surface area contributed by atoms with E-state index in [0.717, 1.165) is 43.5 Å². The highest BCUT2D eigenvalue weighted by molar-refractivity contribution is 4.95. The number of aromatic nitrogens is 7. The summed E-state index contributed by atoms with van der Waals surface area (Å²) in [4.78, 5) is 4.79. The van der Waals surface area contributed by atoms with Gasteiger partial charge in [-0.05, 0) is 35.1 Å². The second kappa shape index (κ2) is 7.66. The summed E-state index contributed by atoms with van der Waals surface area (Å²) in [6, 6.07) is 0. The van der Waals surface area contributed by atoms with Crippen LogP contribution in [0.3, 0.4) is 0 Å². The molecule has 2 heterocycles. The van der Waals surface area contributed by atoms with Crippen LogP contribution in [0.1, 0.15) is 57.6 Å². The molecule has 126 valence electrons. The Morgan fingerprint density at radius 3 is 2.74 bits per heavy atom. The standard InChI is InChI=1S/C16H27N7/c1-13(2)10-15-18-16(8-9-22-12-17-20-21-22)23(19-15)11-14-6-4-3-5-7-14/h12-14H,3-11H2,1-2H3. The van der Waals surface area contributed by atoms with Crippen LogP contribution in [0.2, 0.25) is 0 Å². The molecule has 0 amide bonds. The second-order valence-electron chi connectivity index (χ2n) is 7.05. The van der Waals surface area contributed by atoms with E-state index in [0.29, 0.717) is 5.92 Å². The van der Waals surface area contributed by atoms with Gasteiger partial charge in [0.05, 0.1) is 6.54 Å². The molecule has 7 heteroatoms. The smallest absolute Gasteiger partial charge is 0.151 e. The van der Waals surface area contributed by atoms with Crippen LogP contribution in [-0.2, 0) is 25.9 Å². The predicted molar refractivity (Wildman–Crippen MR) is 86.7 cm³/mol. The van der Waals surface area contributed by atoms with Crippen molar-refractivity contribution in [1.29, 1.82) is 0 Å². The Hall–Kier alpha value is -1.79. The van der Waals surface area contributed by atoms with Crippen molar-refractivity contribution in [3.05, 3.63) is 18.0 Å². The first-order chi connectivity index (χ1) is 11.2. The molecule has 0 aromatic carbocycles. The van der Waals surface area contributed by atoms with Crippen molar-refractivity contribution in [3.63, 3.8) is 0 Å². The van der Waals surface area contributed by atoms with Crippen molar-refractivity contribution in [2.45, 2.75) is 71.9 Å². The van der Waals surface area contributed by atoms with E-state index in [1.54, 1.807) is 11.0 Å². The van der Waals surface area contributed by atoms with Gasteiger partial charge in [-0.1, -0.05) is 33.1 Å². The Labute approximate surface area is 137 Å². The monoisotopic (exact) mass is 317 g/mol. The van der Waals surface area contributed by atoms with Gasteiger partial charge in [0.15, 0.2) is 5.82 Å². The molecule has 1 saturated carbocycles. The van der Waals surface area contributed by atoms with Gasteiger partial charge in [0.25, 0.3) is 0 Å². The summed E-state index contributed by atoms with van der Waals surface area (Å²) in [6.07, 6.45) is 10.2. The van der Waals surface area contributed by atoms with E-state index in [-0.39, 0.29) is 0 Å². The maximum absolute atomic E-state index is 4.79. The highest BCUT2D eigenvalue weighted by Gasteiger charge is 2.18. The average molecular weight is 317 g/mol. The van der Waals surface area contributed by atoms with Gasteiger partial charge in [0.2, 0.25) is 0 Å². The van der Waals surface area contributed by atoms with E-state index in [4.69, 9.17) is 10.1 Å². The molecule has 0 aliphatic heterocycles. The zero-order valence-electron chi connectivity index (χ0n) is 14.2. The normalized spacial score (nSPS) is 16.3. The first-order valence-electron chi connectivity index (χ1n) is 8.84. The number of tetrazole rings is 1. The molecule has 0 saturated heterocycles. The van der Waals surface area contributed by atoms with Crippen molar-refractivity contribution >= 4 is 0 Å². The lowest BCUT2D eigenvalue weighted by molar-refractivity contribution is 0.302. The topological polar surface area (TPSA) is 74.3 Å². The SMILES string of the molecule is CC(C)Cc1nc(CCn2cnnn2)n(CC2CCCCC2)n1. The molecular formula is C16H27N7. The third-order valence-electron chi connectivity index (χ3n) is 4.49. The third kappa shape index (κ3) is 4.59. The van der Waals surface area contributed by atoms with Crippen LogP contribution < -0.4 is 0 Å². The zero-order valence-corrected chi connectivity index (χ0v) is 14.2. The fraction of sp³-hybridized carbons (Fsp3) is 0.812.